The van der Waals surface area contributed by atoms with Crippen molar-refractivity contribution in [3.05, 3.63) is 53.6 Å². The molecule has 1 aliphatic rings. The van der Waals surface area contributed by atoms with Gasteiger partial charge in [0.15, 0.2) is 0 Å². The van der Waals surface area contributed by atoms with Gasteiger partial charge in [-0.3, -0.25) is 9.59 Å². The van der Waals surface area contributed by atoms with Crippen LogP contribution in [0, 0.1) is 19.8 Å². The monoisotopic (exact) mass is 353 g/mol. The van der Waals surface area contributed by atoms with Crippen molar-refractivity contribution in [2.75, 3.05) is 18.1 Å². The molecule has 2 aromatic rings. The molecule has 1 amide bonds. The molecule has 0 radical (unpaired) electrons. The van der Waals surface area contributed by atoms with Gasteiger partial charge in [0, 0.05) is 18.7 Å². The van der Waals surface area contributed by atoms with E-state index in [2.05, 4.69) is 0 Å². The number of nitrogens with zero attached hydrogens (tertiary/aromatic N) is 1. The van der Waals surface area contributed by atoms with Crippen LogP contribution in [0.1, 0.15) is 24.5 Å². The van der Waals surface area contributed by atoms with Crippen molar-refractivity contribution in [3.63, 3.8) is 0 Å². The zero-order valence-corrected chi connectivity index (χ0v) is 15.3. The van der Waals surface area contributed by atoms with E-state index in [0.717, 1.165) is 22.6 Å². The second kappa shape index (κ2) is 7.60. The highest BCUT2D eigenvalue weighted by Gasteiger charge is 2.36. The van der Waals surface area contributed by atoms with E-state index in [1.165, 1.54) is 0 Å². The topological polar surface area (TPSA) is 55.8 Å². The highest BCUT2D eigenvalue weighted by molar-refractivity contribution is 5.99. The largest absolute Gasteiger partial charge is 0.494 e. The van der Waals surface area contributed by atoms with Gasteiger partial charge in [-0.25, -0.2) is 0 Å². The number of hydrogen-bond acceptors (Lipinski definition) is 4. The second-order valence-electron chi connectivity index (χ2n) is 6.52. The summed E-state index contributed by atoms with van der Waals surface area (Å²) in [5.41, 5.74) is 2.69. The van der Waals surface area contributed by atoms with E-state index in [0.29, 0.717) is 18.9 Å². The Morgan fingerprint density at radius 1 is 1.15 bits per heavy atom. The lowest BCUT2D eigenvalue weighted by molar-refractivity contribution is -0.139. The van der Waals surface area contributed by atoms with Gasteiger partial charge in [0.05, 0.1) is 12.5 Å². The third kappa shape index (κ3) is 3.87. The zero-order chi connectivity index (χ0) is 18.7. The van der Waals surface area contributed by atoms with Crippen molar-refractivity contribution in [2.24, 2.45) is 5.92 Å². The SMILES string of the molecule is CCOc1ccc(N2C[C@H](C(=O)Oc3cc(C)ccc3C)CC2=O)cc1. The molecule has 1 aliphatic heterocycles. The molecule has 1 atom stereocenters. The number of carbonyl (C=O) groups is 2. The van der Waals surface area contributed by atoms with Crippen molar-refractivity contribution >= 4 is 17.6 Å². The number of carbonyl (C=O) groups excluding carboxylic acids is 2. The second-order valence-corrected chi connectivity index (χ2v) is 6.52. The summed E-state index contributed by atoms with van der Waals surface area (Å²) in [6.07, 6.45) is 0.164. The Morgan fingerprint density at radius 2 is 1.88 bits per heavy atom. The molecule has 1 heterocycles. The van der Waals surface area contributed by atoms with Gasteiger partial charge in [0.2, 0.25) is 5.91 Å². The van der Waals surface area contributed by atoms with Crippen molar-refractivity contribution < 1.29 is 19.1 Å². The average molecular weight is 353 g/mol. The number of aryl methyl sites for hydroxylation is 2. The molecule has 5 nitrogen and oxygen atoms in total. The van der Waals surface area contributed by atoms with Crippen LogP contribution >= 0.6 is 0 Å². The minimum atomic E-state index is -0.464. The number of anilines is 1. The summed E-state index contributed by atoms with van der Waals surface area (Å²) >= 11 is 0. The van der Waals surface area contributed by atoms with Gasteiger partial charge in [0.1, 0.15) is 11.5 Å². The minimum absolute atomic E-state index is 0.0722. The first kappa shape index (κ1) is 18.0. The van der Waals surface area contributed by atoms with Gasteiger partial charge in [-0.1, -0.05) is 12.1 Å². The predicted molar refractivity (Wildman–Crippen MR) is 99.6 cm³/mol. The van der Waals surface area contributed by atoms with Crippen LogP contribution in [0.15, 0.2) is 42.5 Å². The van der Waals surface area contributed by atoms with E-state index >= 15 is 0 Å². The van der Waals surface area contributed by atoms with Crippen molar-refractivity contribution in [2.45, 2.75) is 27.2 Å². The molecule has 136 valence electrons. The average Bonchev–Trinajstić information content (AvgIpc) is 3.01. The summed E-state index contributed by atoms with van der Waals surface area (Å²) in [6, 6.07) is 13.1. The summed E-state index contributed by atoms with van der Waals surface area (Å²) in [7, 11) is 0. The predicted octanol–water partition coefficient (Wildman–Crippen LogP) is 3.66. The Balaban J connectivity index is 1.68. The molecule has 3 rings (SSSR count). The van der Waals surface area contributed by atoms with Crippen LogP contribution in [-0.4, -0.2) is 25.0 Å². The van der Waals surface area contributed by atoms with Gasteiger partial charge < -0.3 is 14.4 Å². The third-order valence-corrected chi connectivity index (χ3v) is 4.47. The maximum Gasteiger partial charge on any atom is 0.316 e. The van der Waals surface area contributed by atoms with Crippen LogP contribution in [0.3, 0.4) is 0 Å². The van der Waals surface area contributed by atoms with Gasteiger partial charge in [0.25, 0.3) is 0 Å². The molecular formula is C21H23NO4. The highest BCUT2D eigenvalue weighted by Crippen LogP contribution is 2.28. The van der Waals surface area contributed by atoms with Crippen LogP contribution in [0.2, 0.25) is 0 Å². The zero-order valence-electron chi connectivity index (χ0n) is 15.3. The first-order valence-electron chi connectivity index (χ1n) is 8.80. The lowest BCUT2D eigenvalue weighted by Gasteiger charge is -2.17. The van der Waals surface area contributed by atoms with Crippen LogP contribution in [-0.2, 0) is 9.59 Å². The van der Waals surface area contributed by atoms with Crippen LogP contribution in [0.5, 0.6) is 11.5 Å². The van der Waals surface area contributed by atoms with E-state index in [1.54, 1.807) is 4.90 Å². The Hall–Kier alpha value is -2.82. The van der Waals surface area contributed by atoms with Gasteiger partial charge in [-0.15, -0.1) is 0 Å². The molecule has 0 N–H and O–H groups in total. The lowest BCUT2D eigenvalue weighted by Crippen LogP contribution is -2.27. The van der Waals surface area contributed by atoms with Crippen molar-refractivity contribution in [3.8, 4) is 11.5 Å². The molecule has 0 bridgehead atoms. The highest BCUT2D eigenvalue weighted by atomic mass is 16.5. The molecule has 0 saturated carbocycles. The van der Waals surface area contributed by atoms with E-state index in [1.807, 2.05) is 63.2 Å². The number of esters is 1. The maximum absolute atomic E-state index is 12.5. The van der Waals surface area contributed by atoms with Crippen molar-refractivity contribution in [1.29, 1.82) is 0 Å². The molecule has 0 spiro atoms. The summed E-state index contributed by atoms with van der Waals surface area (Å²) < 4.78 is 11.0. The molecular weight excluding hydrogens is 330 g/mol. The maximum atomic E-state index is 12.5. The van der Waals surface area contributed by atoms with E-state index in [4.69, 9.17) is 9.47 Å². The fourth-order valence-corrected chi connectivity index (χ4v) is 3.01. The molecule has 5 heteroatoms. The normalized spacial score (nSPS) is 16.7. The summed E-state index contributed by atoms with van der Waals surface area (Å²) in [5.74, 6) is 0.419. The van der Waals surface area contributed by atoms with Gasteiger partial charge in [-0.05, 0) is 62.2 Å². The first-order valence-corrected chi connectivity index (χ1v) is 8.80. The smallest absolute Gasteiger partial charge is 0.316 e. The quantitative estimate of drug-likeness (QED) is 0.608. The Bertz CT molecular complexity index is 813. The number of amides is 1. The summed E-state index contributed by atoms with van der Waals surface area (Å²) in [5, 5.41) is 0. The number of hydrogen-bond donors (Lipinski definition) is 0. The first-order chi connectivity index (χ1) is 12.5. The Morgan fingerprint density at radius 3 is 2.58 bits per heavy atom. The molecule has 0 unspecified atom stereocenters. The summed E-state index contributed by atoms with van der Waals surface area (Å²) in [4.78, 5) is 26.5. The van der Waals surface area contributed by atoms with Gasteiger partial charge >= 0.3 is 5.97 Å². The number of benzene rings is 2. The summed E-state index contributed by atoms with van der Waals surface area (Å²) in [6.45, 7) is 6.69. The minimum Gasteiger partial charge on any atom is -0.494 e. The number of rotatable bonds is 5. The lowest BCUT2D eigenvalue weighted by atomic mass is 10.1. The fourth-order valence-electron chi connectivity index (χ4n) is 3.01. The van der Waals surface area contributed by atoms with E-state index < -0.39 is 5.92 Å². The van der Waals surface area contributed by atoms with Gasteiger partial charge in [-0.2, -0.15) is 0 Å². The van der Waals surface area contributed by atoms with Crippen LogP contribution in [0.25, 0.3) is 0 Å². The van der Waals surface area contributed by atoms with Crippen molar-refractivity contribution in [1.82, 2.24) is 0 Å². The molecule has 1 saturated heterocycles. The molecule has 0 aromatic heterocycles. The molecule has 26 heavy (non-hydrogen) atoms. The van der Waals surface area contributed by atoms with Crippen LogP contribution < -0.4 is 14.4 Å². The molecule has 2 aromatic carbocycles. The van der Waals surface area contributed by atoms with E-state index in [9.17, 15) is 9.59 Å². The van der Waals surface area contributed by atoms with E-state index in [-0.39, 0.29) is 18.3 Å². The Kier molecular flexibility index (Phi) is 5.26. The molecule has 1 fully saturated rings. The molecule has 0 aliphatic carbocycles. The standard InChI is InChI=1S/C21H23NO4/c1-4-25-18-9-7-17(8-10-18)22-13-16(12-20(22)23)21(24)26-19-11-14(2)5-6-15(19)3/h5-11,16H,4,12-13H2,1-3H3/t16-/m1/s1. The number of ether oxygens (including phenoxy) is 2. The van der Waals surface area contributed by atoms with Crippen LogP contribution in [0.4, 0.5) is 5.69 Å². The third-order valence-electron chi connectivity index (χ3n) is 4.47. The Labute approximate surface area is 153 Å². The fraction of sp³-hybridized carbons (Fsp3) is 0.333.